The van der Waals surface area contributed by atoms with Crippen LogP contribution in [0.5, 0.6) is 5.75 Å². The number of nitrogens with zero attached hydrogens (tertiary/aromatic N) is 1. The van der Waals surface area contributed by atoms with E-state index in [1.807, 2.05) is 31.2 Å². The van der Waals surface area contributed by atoms with Crippen molar-refractivity contribution in [3.05, 3.63) is 29.8 Å². The predicted octanol–water partition coefficient (Wildman–Crippen LogP) is 1.40. The first-order valence-electron chi connectivity index (χ1n) is 5.48. The van der Waals surface area contributed by atoms with Crippen LogP contribution in [-0.4, -0.2) is 37.2 Å². The summed E-state index contributed by atoms with van der Waals surface area (Å²) in [6, 6.07) is 7.89. The molecule has 0 radical (unpaired) electrons. The van der Waals surface area contributed by atoms with E-state index in [0.717, 1.165) is 24.4 Å². The van der Waals surface area contributed by atoms with Crippen LogP contribution in [0.25, 0.3) is 0 Å². The molecule has 1 N–H and O–H groups in total. The molecule has 16 heavy (non-hydrogen) atoms. The second-order valence-corrected chi connectivity index (χ2v) is 3.83. The monoisotopic (exact) mass is 220 g/mol. The third kappa shape index (κ3) is 2.45. The zero-order chi connectivity index (χ0) is 11.4. The highest BCUT2D eigenvalue weighted by Gasteiger charge is 2.18. The molecule has 0 unspecified atom stereocenters. The first kappa shape index (κ1) is 10.8. The number of nitrogens with one attached hydrogen (secondary N) is 1. The van der Waals surface area contributed by atoms with Crippen molar-refractivity contribution >= 4 is 6.03 Å². The summed E-state index contributed by atoms with van der Waals surface area (Å²) in [6.07, 6.45) is 0. The summed E-state index contributed by atoms with van der Waals surface area (Å²) in [4.78, 5) is 13.0. The van der Waals surface area contributed by atoms with Crippen LogP contribution in [0.15, 0.2) is 24.3 Å². The fourth-order valence-electron chi connectivity index (χ4n) is 1.71. The number of hydrogen-bond donors (Lipinski definition) is 1. The van der Waals surface area contributed by atoms with Gasteiger partial charge in [-0.2, -0.15) is 0 Å². The Morgan fingerprint density at radius 2 is 2.25 bits per heavy atom. The maximum Gasteiger partial charge on any atom is 0.317 e. The molecule has 0 aliphatic carbocycles. The van der Waals surface area contributed by atoms with Crippen molar-refractivity contribution < 1.29 is 9.53 Å². The Bertz CT molecular complexity index is 379. The van der Waals surface area contributed by atoms with Crippen LogP contribution in [0, 0.1) is 6.92 Å². The maximum atomic E-state index is 11.2. The van der Waals surface area contributed by atoms with Gasteiger partial charge in [-0.15, -0.1) is 0 Å². The summed E-state index contributed by atoms with van der Waals surface area (Å²) in [5, 5.41) is 2.76. The quantitative estimate of drug-likeness (QED) is 0.833. The average molecular weight is 220 g/mol. The molecule has 86 valence electrons. The topological polar surface area (TPSA) is 41.6 Å². The molecule has 0 saturated carbocycles. The highest BCUT2D eigenvalue weighted by atomic mass is 16.5. The zero-order valence-electron chi connectivity index (χ0n) is 9.40. The van der Waals surface area contributed by atoms with Gasteiger partial charge in [0.05, 0.1) is 6.54 Å². The van der Waals surface area contributed by atoms with E-state index < -0.39 is 0 Å². The van der Waals surface area contributed by atoms with E-state index in [4.69, 9.17) is 4.74 Å². The SMILES string of the molecule is Cc1ccccc1OCCN1CCNC1=O. The molecule has 1 aliphatic heterocycles. The number of urea groups is 1. The summed E-state index contributed by atoms with van der Waals surface area (Å²) in [5.74, 6) is 0.891. The van der Waals surface area contributed by atoms with Crippen molar-refractivity contribution in [1.82, 2.24) is 10.2 Å². The van der Waals surface area contributed by atoms with Crippen molar-refractivity contribution in [2.75, 3.05) is 26.2 Å². The van der Waals surface area contributed by atoms with Crippen molar-refractivity contribution in [2.45, 2.75) is 6.92 Å². The minimum atomic E-state index is 0.00776. The molecule has 0 atom stereocenters. The smallest absolute Gasteiger partial charge is 0.317 e. The number of hydrogen-bond acceptors (Lipinski definition) is 2. The van der Waals surface area contributed by atoms with E-state index in [1.54, 1.807) is 4.90 Å². The number of benzene rings is 1. The molecule has 0 aromatic heterocycles. The van der Waals surface area contributed by atoms with E-state index >= 15 is 0 Å². The lowest BCUT2D eigenvalue weighted by molar-refractivity contribution is 0.202. The highest BCUT2D eigenvalue weighted by Crippen LogP contribution is 2.15. The van der Waals surface area contributed by atoms with Gasteiger partial charge in [0.15, 0.2) is 0 Å². The second kappa shape index (κ2) is 4.88. The minimum Gasteiger partial charge on any atom is -0.491 e. The molecule has 4 nitrogen and oxygen atoms in total. The third-order valence-corrected chi connectivity index (χ3v) is 2.66. The van der Waals surface area contributed by atoms with E-state index in [1.165, 1.54) is 0 Å². The maximum absolute atomic E-state index is 11.2. The number of aryl methyl sites for hydroxylation is 1. The average Bonchev–Trinajstić information content (AvgIpc) is 2.67. The summed E-state index contributed by atoms with van der Waals surface area (Å²) >= 11 is 0. The summed E-state index contributed by atoms with van der Waals surface area (Å²) in [6.45, 7) is 4.70. The van der Waals surface area contributed by atoms with Gasteiger partial charge in [-0.25, -0.2) is 4.79 Å². The van der Waals surface area contributed by atoms with Crippen LogP contribution in [0.4, 0.5) is 4.79 Å². The van der Waals surface area contributed by atoms with Crippen molar-refractivity contribution in [2.24, 2.45) is 0 Å². The molecular weight excluding hydrogens is 204 g/mol. The molecule has 1 heterocycles. The zero-order valence-corrected chi connectivity index (χ0v) is 9.40. The number of ether oxygens (including phenoxy) is 1. The lowest BCUT2D eigenvalue weighted by Gasteiger charge is -2.15. The van der Waals surface area contributed by atoms with E-state index in [-0.39, 0.29) is 6.03 Å². The van der Waals surface area contributed by atoms with Crippen molar-refractivity contribution in [3.8, 4) is 5.75 Å². The van der Waals surface area contributed by atoms with Crippen molar-refractivity contribution in [3.63, 3.8) is 0 Å². The number of carbonyl (C=O) groups excluding carboxylic acids is 1. The molecule has 1 saturated heterocycles. The Kier molecular flexibility index (Phi) is 3.29. The molecule has 0 bridgehead atoms. The normalized spacial score (nSPS) is 15.1. The number of para-hydroxylation sites is 1. The van der Waals surface area contributed by atoms with Gasteiger partial charge in [0, 0.05) is 13.1 Å². The lowest BCUT2D eigenvalue weighted by Crippen LogP contribution is -2.31. The van der Waals surface area contributed by atoms with Gasteiger partial charge in [-0.1, -0.05) is 18.2 Å². The summed E-state index contributed by atoms with van der Waals surface area (Å²) < 4.78 is 5.63. The first-order valence-corrected chi connectivity index (χ1v) is 5.48. The van der Waals surface area contributed by atoms with Crippen LogP contribution in [0.3, 0.4) is 0 Å². The molecule has 2 rings (SSSR count). The number of carbonyl (C=O) groups is 1. The second-order valence-electron chi connectivity index (χ2n) is 3.83. The Morgan fingerprint density at radius 1 is 1.44 bits per heavy atom. The van der Waals surface area contributed by atoms with Gasteiger partial charge >= 0.3 is 6.03 Å². The van der Waals surface area contributed by atoms with Gasteiger partial charge in [0.1, 0.15) is 12.4 Å². The predicted molar refractivity (Wildman–Crippen MR) is 61.6 cm³/mol. The third-order valence-electron chi connectivity index (χ3n) is 2.66. The Hall–Kier alpha value is -1.71. The summed E-state index contributed by atoms with van der Waals surface area (Å²) in [5.41, 5.74) is 1.12. The fraction of sp³-hybridized carbons (Fsp3) is 0.417. The van der Waals surface area contributed by atoms with Crippen LogP contribution >= 0.6 is 0 Å². The standard InChI is InChI=1S/C12H16N2O2/c1-10-4-2-3-5-11(10)16-9-8-14-7-6-13-12(14)15/h2-5H,6-9H2,1H3,(H,13,15). The fourth-order valence-corrected chi connectivity index (χ4v) is 1.71. The van der Waals surface area contributed by atoms with Crippen LogP contribution in [-0.2, 0) is 0 Å². The molecule has 1 fully saturated rings. The molecule has 4 heteroatoms. The van der Waals surface area contributed by atoms with Gasteiger partial charge in [0.25, 0.3) is 0 Å². The molecule has 1 aromatic carbocycles. The van der Waals surface area contributed by atoms with Crippen LogP contribution in [0.1, 0.15) is 5.56 Å². The largest absolute Gasteiger partial charge is 0.491 e. The van der Waals surface area contributed by atoms with Gasteiger partial charge in [-0.05, 0) is 18.6 Å². The first-order chi connectivity index (χ1) is 7.77. The van der Waals surface area contributed by atoms with Crippen LogP contribution in [0.2, 0.25) is 0 Å². The van der Waals surface area contributed by atoms with E-state index in [9.17, 15) is 4.79 Å². The highest BCUT2D eigenvalue weighted by molar-refractivity contribution is 5.76. The molecular formula is C12H16N2O2. The van der Waals surface area contributed by atoms with E-state index in [2.05, 4.69) is 5.32 Å². The van der Waals surface area contributed by atoms with Crippen LogP contribution < -0.4 is 10.1 Å². The lowest BCUT2D eigenvalue weighted by atomic mass is 10.2. The van der Waals surface area contributed by atoms with Gasteiger partial charge in [0.2, 0.25) is 0 Å². The Balaban J connectivity index is 1.80. The summed E-state index contributed by atoms with van der Waals surface area (Å²) in [7, 11) is 0. The number of rotatable bonds is 4. The van der Waals surface area contributed by atoms with Gasteiger partial charge < -0.3 is 15.0 Å². The molecule has 1 aliphatic rings. The molecule has 2 amide bonds. The Labute approximate surface area is 95.2 Å². The van der Waals surface area contributed by atoms with E-state index in [0.29, 0.717) is 13.2 Å². The molecule has 1 aromatic rings. The minimum absolute atomic E-state index is 0.00776. The Morgan fingerprint density at radius 3 is 2.94 bits per heavy atom. The molecule has 0 spiro atoms. The number of amides is 2. The van der Waals surface area contributed by atoms with Gasteiger partial charge in [-0.3, -0.25) is 0 Å². The van der Waals surface area contributed by atoms with Crippen molar-refractivity contribution in [1.29, 1.82) is 0 Å².